The van der Waals surface area contributed by atoms with Crippen LogP contribution in [-0.2, 0) is 24.0 Å². The molecule has 0 fully saturated rings. The molecule has 0 spiro atoms. The number of rotatable bonds is 21. The van der Waals surface area contributed by atoms with Gasteiger partial charge in [0.2, 0.25) is 17.7 Å². The molecular weight excluding hydrogens is 474 g/mol. The van der Waals surface area contributed by atoms with E-state index in [1.807, 2.05) is 0 Å². The van der Waals surface area contributed by atoms with Crippen molar-refractivity contribution in [3.63, 3.8) is 0 Å². The molecule has 0 aromatic rings. The molecule has 0 aromatic carbocycles. The van der Waals surface area contributed by atoms with E-state index in [1.165, 1.54) is 0 Å². The number of aliphatic carboxylic acids is 2. The molecule has 13 N–H and O–H groups in total. The summed E-state index contributed by atoms with van der Waals surface area (Å²) in [6.45, 7) is 1.18. The highest BCUT2D eigenvalue weighted by molar-refractivity contribution is 5.95. The first-order valence-corrected chi connectivity index (χ1v) is 12.3. The zero-order chi connectivity index (χ0) is 27.5. The highest BCUT2D eigenvalue weighted by atomic mass is 16.4. The molecule has 208 valence electrons. The third-order valence-corrected chi connectivity index (χ3v) is 5.46. The summed E-state index contributed by atoms with van der Waals surface area (Å²) >= 11 is 0. The molecule has 4 atom stereocenters. The number of carboxylic acid groups (broad SMARTS) is 2. The van der Waals surface area contributed by atoms with Crippen LogP contribution in [-0.4, -0.2) is 83.7 Å². The van der Waals surface area contributed by atoms with Crippen LogP contribution in [0.2, 0.25) is 0 Å². The Morgan fingerprint density at radius 1 is 0.583 bits per heavy atom. The van der Waals surface area contributed by atoms with Crippen LogP contribution < -0.4 is 38.9 Å². The Bertz CT molecular complexity index is 708. The molecule has 0 saturated heterocycles. The minimum atomic E-state index is -1.56. The maximum absolute atomic E-state index is 13.0. The zero-order valence-electron chi connectivity index (χ0n) is 20.7. The van der Waals surface area contributed by atoms with Gasteiger partial charge in [0, 0.05) is 0 Å². The number of carboxylic acids is 2. The SMILES string of the molecule is NCCCCC(N)C(=O)NC(CCCCN)C(=O)NC(CC(=O)O)C(=O)NC(CCCCN)C(=O)O. The fourth-order valence-electron chi connectivity index (χ4n) is 3.36. The first kappa shape index (κ1) is 33.2. The van der Waals surface area contributed by atoms with Crippen molar-refractivity contribution in [3.05, 3.63) is 0 Å². The minimum absolute atomic E-state index is 0.0891. The first-order chi connectivity index (χ1) is 17.1. The summed E-state index contributed by atoms with van der Waals surface area (Å²) in [5.41, 5.74) is 22.3. The summed E-state index contributed by atoms with van der Waals surface area (Å²) in [5, 5.41) is 25.8. The molecule has 0 rings (SSSR count). The number of amides is 3. The van der Waals surface area contributed by atoms with E-state index in [-0.39, 0.29) is 12.8 Å². The van der Waals surface area contributed by atoms with Gasteiger partial charge in [-0.3, -0.25) is 19.2 Å². The lowest BCUT2D eigenvalue weighted by Crippen LogP contribution is -2.57. The third kappa shape index (κ3) is 14.6. The van der Waals surface area contributed by atoms with Crippen LogP contribution in [0.1, 0.15) is 64.2 Å². The van der Waals surface area contributed by atoms with E-state index in [2.05, 4.69) is 16.0 Å². The van der Waals surface area contributed by atoms with Crippen LogP contribution in [0.15, 0.2) is 0 Å². The predicted molar refractivity (Wildman–Crippen MR) is 132 cm³/mol. The molecule has 0 heterocycles. The molecule has 0 aliphatic carbocycles. The standard InChI is InChI=1S/C22H43N7O7/c23-10-4-1-7-14(26)19(32)27-15(8-2-5-11-24)20(33)29-17(13-18(30)31)21(34)28-16(22(35)36)9-3-6-12-25/h14-17H,1-13,23-26H2,(H,27,32)(H,28,34)(H,29,33)(H,30,31)(H,35,36). The van der Waals surface area contributed by atoms with Crippen molar-refractivity contribution in [2.24, 2.45) is 22.9 Å². The maximum Gasteiger partial charge on any atom is 0.326 e. The Balaban J connectivity index is 5.42. The van der Waals surface area contributed by atoms with E-state index in [9.17, 15) is 34.2 Å². The minimum Gasteiger partial charge on any atom is -0.481 e. The molecule has 0 bridgehead atoms. The van der Waals surface area contributed by atoms with E-state index < -0.39 is 60.2 Å². The topological polar surface area (TPSA) is 266 Å². The van der Waals surface area contributed by atoms with E-state index in [0.29, 0.717) is 64.6 Å². The molecule has 0 radical (unpaired) electrons. The quantitative estimate of drug-likeness (QED) is 0.0731. The third-order valence-electron chi connectivity index (χ3n) is 5.46. The van der Waals surface area contributed by atoms with Gasteiger partial charge in [-0.2, -0.15) is 0 Å². The molecule has 0 aliphatic heterocycles. The van der Waals surface area contributed by atoms with E-state index in [1.54, 1.807) is 0 Å². The molecule has 4 unspecified atom stereocenters. The van der Waals surface area contributed by atoms with E-state index >= 15 is 0 Å². The average molecular weight is 518 g/mol. The molecule has 14 nitrogen and oxygen atoms in total. The lowest BCUT2D eigenvalue weighted by molar-refractivity contribution is -0.143. The van der Waals surface area contributed by atoms with Crippen molar-refractivity contribution in [1.29, 1.82) is 0 Å². The van der Waals surface area contributed by atoms with Gasteiger partial charge >= 0.3 is 11.9 Å². The lowest BCUT2D eigenvalue weighted by atomic mass is 10.0. The van der Waals surface area contributed by atoms with Gasteiger partial charge in [0.1, 0.15) is 18.1 Å². The van der Waals surface area contributed by atoms with E-state index in [4.69, 9.17) is 22.9 Å². The first-order valence-electron chi connectivity index (χ1n) is 12.3. The van der Waals surface area contributed by atoms with Crippen LogP contribution in [0.4, 0.5) is 0 Å². The average Bonchev–Trinajstić information content (AvgIpc) is 2.81. The maximum atomic E-state index is 13.0. The molecule has 0 aliphatic rings. The van der Waals surface area contributed by atoms with Crippen molar-refractivity contribution in [2.45, 2.75) is 88.4 Å². The summed E-state index contributed by atoms with van der Waals surface area (Å²) in [6, 6.07) is -4.79. The van der Waals surface area contributed by atoms with Crippen LogP contribution in [0, 0.1) is 0 Å². The van der Waals surface area contributed by atoms with Crippen molar-refractivity contribution < 1.29 is 34.2 Å². The number of carbonyl (C=O) groups excluding carboxylic acids is 3. The van der Waals surface area contributed by atoms with Gasteiger partial charge in [0.25, 0.3) is 0 Å². The van der Waals surface area contributed by atoms with Crippen molar-refractivity contribution in [1.82, 2.24) is 16.0 Å². The summed E-state index contributed by atoms with van der Waals surface area (Å²) in [4.78, 5) is 61.0. The normalized spacial score (nSPS) is 14.2. The summed E-state index contributed by atoms with van der Waals surface area (Å²) in [5.74, 6) is -4.99. The monoisotopic (exact) mass is 517 g/mol. The fraction of sp³-hybridized carbons (Fsp3) is 0.773. The molecule has 14 heteroatoms. The van der Waals surface area contributed by atoms with Crippen molar-refractivity contribution in [3.8, 4) is 0 Å². The second-order valence-electron chi connectivity index (χ2n) is 8.58. The van der Waals surface area contributed by atoms with Gasteiger partial charge in [-0.1, -0.05) is 6.42 Å². The number of unbranched alkanes of at least 4 members (excludes halogenated alkanes) is 3. The smallest absolute Gasteiger partial charge is 0.326 e. The van der Waals surface area contributed by atoms with Gasteiger partial charge in [0.15, 0.2) is 0 Å². The highest BCUT2D eigenvalue weighted by Crippen LogP contribution is 2.07. The Kier molecular flexibility index (Phi) is 17.9. The van der Waals surface area contributed by atoms with Gasteiger partial charge in [0.05, 0.1) is 12.5 Å². The summed E-state index contributed by atoms with van der Waals surface area (Å²) in [7, 11) is 0. The summed E-state index contributed by atoms with van der Waals surface area (Å²) < 4.78 is 0. The number of nitrogens with two attached hydrogens (primary N) is 4. The van der Waals surface area contributed by atoms with E-state index in [0.717, 1.165) is 0 Å². The number of hydrogen-bond donors (Lipinski definition) is 9. The number of hydrogen-bond acceptors (Lipinski definition) is 9. The Hall–Kier alpha value is -2.81. The van der Waals surface area contributed by atoms with Gasteiger partial charge in [-0.15, -0.1) is 0 Å². The Morgan fingerprint density at radius 2 is 1.00 bits per heavy atom. The molecule has 3 amide bonds. The van der Waals surface area contributed by atoms with Gasteiger partial charge < -0.3 is 49.1 Å². The summed E-state index contributed by atoms with van der Waals surface area (Å²) in [6.07, 6.45) is 3.22. The van der Waals surface area contributed by atoms with Gasteiger partial charge in [-0.25, -0.2) is 4.79 Å². The zero-order valence-corrected chi connectivity index (χ0v) is 20.7. The lowest BCUT2D eigenvalue weighted by Gasteiger charge is -2.24. The number of nitrogens with one attached hydrogen (secondary N) is 3. The number of carbonyl (C=O) groups is 5. The van der Waals surface area contributed by atoms with Crippen molar-refractivity contribution in [2.75, 3.05) is 19.6 Å². The predicted octanol–water partition coefficient (Wildman–Crippen LogP) is -2.29. The molecule has 0 aromatic heterocycles. The van der Waals surface area contributed by atoms with Crippen LogP contribution >= 0.6 is 0 Å². The molecule has 0 saturated carbocycles. The van der Waals surface area contributed by atoms with Crippen LogP contribution in [0.25, 0.3) is 0 Å². The second-order valence-corrected chi connectivity index (χ2v) is 8.58. The largest absolute Gasteiger partial charge is 0.481 e. The van der Waals surface area contributed by atoms with Crippen LogP contribution in [0.3, 0.4) is 0 Å². The molecular formula is C22H43N7O7. The Morgan fingerprint density at radius 3 is 1.47 bits per heavy atom. The van der Waals surface area contributed by atoms with Crippen LogP contribution in [0.5, 0.6) is 0 Å². The highest BCUT2D eigenvalue weighted by Gasteiger charge is 2.31. The van der Waals surface area contributed by atoms with Crippen molar-refractivity contribution >= 4 is 29.7 Å². The Labute approximate surface area is 211 Å². The molecule has 36 heavy (non-hydrogen) atoms. The fourth-order valence-corrected chi connectivity index (χ4v) is 3.36. The van der Waals surface area contributed by atoms with Gasteiger partial charge in [-0.05, 0) is 71.0 Å². The second kappa shape index (κ2) is 19.4.